The second-order valence-electron chi connectivity index (χ2n) is 5.23. The van der Waals surface area contributed by atoms with E-state index in [1.165, 1.54) is 12.1 Å². The fraction of sp³-hybridized carbons (Fsp3) is 0.100. The van der Waals surface area contributed by atoms with Crippen LogP contribution in [0, 0.1) is 11.6 Å². The van der Waals surface area contributed by atoms with E-state index in [0.29, 0.717) is 16.7 Å². The smallest absolute Gasteiger partial charge is 0.131 e. The summed E-state index contributed by atoms with van der Waals surface area (Å²) in [4.78, 5) is 0. The van der Waals surface area contributed by atoms with Crippen LogP contribution in [0.1, 0.15) is 12.5 Å². The van der Waals surface area contributed by atoms with Crippen molar-refractivity contribution in [3.05, 3.63) is 83.9 Å². The molecule has 0 aliphatic rings. The maximum atomic E-state index is 14.4. The maximum absolute atomic E-state index is 14.4. The van der Waals surface area contributed by atoms with E-state index in [1.807, 2.05) is 43.3 Å². The van der Waals surface area contributed by atoms with Gasteiger partial charge in [0.1, 0.15) is 11.6 Å². The molecule has 0 amide bonds. The summed E-state index contributed by atoms with van der Waals surface area (Å²) in [5.41, 5.74) is 3.25. The fourth-order valence-electron chi connectivity index (χ4n) is 2.55. The predicted molar refractivity (Wildman–Crippen MR) is 86.6 cm³/mol. The van der Waals surface area contributed by atoms with Crippen molar-refractivity contribution in [3.8, 4) is 22.3 Å². The second kappa shape index (κ2) is 6.10. The van der Waals surface area contributed by atoms with Crippen molar-refractivity contribution in [1.82, 2.24) is 0 Å². The van der Waals surface area contributed by atoms with E-state index in [2.05, 4.69) is 0 Å². The third-order valence-electron chi connectivity index (χ3n) is 3.81. The molecule has 2 heteroatoms. The Hall–Kier alpha value is -2.48. The molecule has 0 saturated carbocycles. The van der Waals surface area contributed by atoms with Crippen LogP contribution in [0.5, 0.6) is 0 Å². The normalized spacial score (nSPS) is 10.7. The number of halogens is 2. The summed E-state index contributed by atoms with van der Waals surface area (Å²) in [6, 6.07) is 19.3. The number of benzene rings is 3. The van der Waals surface area contributed by atoms with Gasteiger partial charge in [0.05, 0.1) is 0 Å². The highest BCUT2D eigenvalue weighted by atomic mass is 19.1. The first kappa shape index (κ1) is 14.5. The van der Waals surface area contributed by atoms with Gasteiger partial charge in [0, 0.05) is 11.1 Å². The summed E-state index contributed by atoms with van der Waals surface area (Å²) in [7, 11) is 0. The Morgan fingerprint density at radius 3 is 1.95 bits per heavy atom. The molecule has 0 nitrogen and oxygen atoms in total. The zero-order valence-corrected chi connectivity index (χ0v) is 12.3. The zero-order chi connectivity index (χ0) is 15.5. The van der Waals surface area contributed by atoms with Gasteiger partial charge in [0.2, 0.25) is 0 Å². The molecule has 0 fully saturated rings. The minimum Gasteiger partial charge on any atom is -0.206 e. The van der Waals surface area contributed by atoms with Crippen LogP contribution >= 0.6 is 0 Å². The summed E-state index contributed by atoms with van der Waals surface area (Å²) in [5, 5.41) is 0. The van der Waals surface area contributed by atoms with Crippen LogP contribution in [0.4, 0.5) is 8.78 Å². The van der Waals surface area contributed by atoms with Gasteiger partial charge in [-0.05, 0) is 35.2 Å². The molecule has 0 aliphatic carbocycles. The molecule has 0 spiro atoms. The maximum Gasteiger partial charge on any atom is 0.131 e. The molecule has 0 unspecified atom stereocenters. The highest BCUT2D eigenvalue weighted by Crippen LogP contribution is 2.29. The van der Waals surface area contributed by atoms with E-state index in [0.717, 1.165) is 17.5 Å². The van der Waals surface area contributed by atoms with E-state index in [4.69, 9.17) is 0 Å². The lowest BCUT2D eigenvalue weighted by molar-refractivity contribution is 0.625. The monoisotopic (exact) mass is 294 g/mol. The van der Waals surface area contributed by atoms with Crippen LogP contribution in [0.25, 0.3) is 22.3 Å². The predicted octanol–water partition coefficient (Wildman–Crippen LogP) is 5.86. The fourth-order valence-corrected chi connectivity index (χ4v) is 2.55. The summed E-state index contributed by atoms with van der Waals surface area (Å²) in [6.07, 6.45) is 0.776. The van der Waals surface area contributed by atoms with Gasteiger partial charge < -0.3 is 0 Å². The number of hydrogen-bond acceptors (Lipinski definition) is 0. The van der Waals surface area contributed by atoms with E-state index in [1.54, 1.807) is 18.2 Å². The van der Waals surface area contributed by atoms with Gasteiger partial charge in [-0.2, -0.15) is 0 Å². The zero-order valence-electron chi connectivity index (χ0n) is 12.3. The first-order valence-electron chi connectivity index (χ1n) is 7.33. The van der Waals surface area contributed by atoms with E-state index < -0.39 is 0 Å². The Balaban J connectivity index is 2.02. The highest BCUT2D eigenvalue weighted by molar-refractivity contribution is 5.71. The van der Waals surface area contributed by atoms with Gasteiger partial charge in [-0.3, -0.25) is 0 Å². The Morgan fingerprint density at radius 2 is 1.32 bits per heavy atom. The molecule has 3 aromatic carbocycles. The van der Waals surface area contributed by atoms with Gasteiger partial charge in [0.15, 0.2) is 0 Å². The molecule has 0 aromatic heterocycles. The van der Waals surface area contributed by atoms with Gasteiger partial charge in [-0.15, -0.1) is 0 Å². The first-order valence-corrected chi connectivity index (χ1v) is 7.33. The molecule has 0 aliphatic heterocycles. The highest BCUT2D eigenvalue weighted by Gasteiger charge is 2.10. The Morgan fingerprint density at radius 1 is 0.682 bits per heavy atom. The largest absolute Gasteiger partial charge is 0.206 e. The molecule has 0 N–H and O–H groups in total. The van der Waals surface area contributed by atoms with E-state index >= 15 is 0 Å². The summed E-state index contributed by atoms with van der Waals surface area (Å²) < 4.78 is 28.5. The molecule has 110 valence electrons. The Bertz CT molecular complexity index is 792. The molecule has 0 atom stereocenters. The van der Waals surface area contributed by atoms with Gasteiger partial charge in [-0.25, -0.2) is 8.78 Å². The topological polar surface area (TPSA) is 0 Å². The number of aryl methyl sites for hydroxylation is 1. The van der Waals surface area contributed by atoms with Gasteiger partial charge in [0.25, 0.3) is 0 Å². The molecule has 0 bridgehead atoms. The van der Waals surface area contributed by atoms with Crippen LogP contribution in [-0.2, 0) is 6.42 Å². The third kappa shape index (κ3) is 2.77. The summed E-state index contributed by atoms with van der Waals surface area (Å²) >= 11 is 0. The average molecular weight is 294 g/mol. The lowest BCUT2D eigenvalue weighted by Crippen LogP contribution is -1.90. The van der Waals surface area contributed by atoms with Gasteiger partial charge in [-0.1, -0.05) is 61.5 Å². The molecule has 0 heterocycles. The molecule has 0 saturated heterocycles. The molecular formula is C20H16F2. The lowest BCUT2D eigenvalue weighted by atomic mass is 9.98. The van der Waals surface area contributed by atoms with Gasteiger partial charge >= 0.3 is 0 Å². The molecule has 22 heavy (non-hydrogen) atoms. The van der Waals surface area contributed by atoms with Crippen LogP contribution in [-0.4, -0.2) is 0 Å². The lowest BCUT2D eigenvalue weighted by Gasteiger charge is -2.09. The second-order valence-corrected chi connectivity index (χ2v) is 5.23. The van der Waals surface area contributed by atoms with E-state index in [9.17, 15) is 8.78 Å². The Kier molecular flexibility index (Phi) is 4.01. The standard InChI is InChI=1S/C20H16F2/c1-2-14-8-10-18(19(21)12-14)16-9-11-17(20(22)13-16)15-6-4-3-5-7-15/h3-13H,2H2,1H3. The van der Waals surface area contributed by atoms with Crippen LogP contribution in [0.15, 0.2) is 66.7 Å². The first-order chi connectivity index (χ1) is 10.7. The third-order valence-corrected chi connectivity index (χ3v) is 3.81. The minimum atomic E-state index is -0.345. The van der Waals surface area contributed by atoms with Crippen LogP contribution in [0.2, 0.25) is 0 Å². The number of rotatable bonds is 3. The Labute approximate surface area is 129 Å². The minimum absolute atomic E-state index is 0.314. The number of hydrogen-bond donors (Lipinski definition) is 0. The average Bonchev–Trinajstić information content (AvgIpc) is 2.55. The van der Waals surface area contributed by atoms with Crippen LogP contribution in [0.3, 0.4) is 0 Å². The van der Waals surface area contributed by atoms with Crippen LogP contribution < -0.4 is 0 Å². The van der Waals surface area contributed by atoms with Crippen molar-refractivity contribution >= 4 is 0 Å². The summed E-state index contributed by atoms with van der Waals surface area (Å²) in [5.74, 6) is -0.658. The van der Waals surface area contributed by atoms with E-state index in [-0.39, 0.29) is 11.6 Å². The molecule has 0 radical (unpaired) electrons. The molecule has 3 aromatic rings. The van der Waals surface area contributed by atoms with Crippen molar-refractivity contribution in [2.24, 2.45) is 0 Å². The van der Waals surface area contributed by atoms with Crippen molar-refractivity contribution in [1.29, 1.82) is 0 Å². The molecule has 3 rings (SSSR count). The van der Waals surface area contributed by atoms with Crippen molar-refractivity contribution in [2.75, 3.05) is 0 Å². The van der Waals surface area contributed by atoms with Crippen molar-refractivity contribution < 1.29 is 8.78 Å². The quantitative estimate of drug-likeness (QED) is 0.567. The summed E-state index contributed by atoms with van der Waals surface area (Å²) in [6.45, 7) is 1.97. The van der Waals surface area contributed by atoms with Crippen molar-refractivity contribution in [3.63, 3.8) is 0 Å². The van der Waals surface area contributed by atoms with Crippen molar-refractivity contribution in [2.45, 2.75) is 13.3 Å². The SMILES string of the molecule is CCc1ccc(-c2ccc(-c3ccccc3)c(F)c2)c(F)c1. The molecular weight excluding hydrogens is 278 g/mol.